The van der Waals surface area contributed by atoms with E-state index in [1.807, 2.05) is 51.2 Å². The van der Waals surface area contributed by atoms with Crippen molar-refractivity contribution in [1.29, 1.82) is 5.26 Å². The Labute approximate surface area is 190 Å². The van der Waals surface area contributed by atoms with E-state index in [0.29, 0.717) is 21.9 Å². The van der Waals surface area contributed by atoms with Gasteiger partial charge in [0.25, 0.3) is 0 Å². The third-order valence-electron chi connectivity index (χ3n) is 5.33. The SMILES string of the molecule is C=C(/C(C)=C(\C)CC)c1cc(OC(C)c2ccccc2C#N)c2c(Cl)cnn2c1.CC. The zero-order chi connectivity index (χ0) is 23.1. The van der Waals surface area contributed by atoms with Gasteiger partial charge >= 0.3 is 0 Å². The molecule has 5 heteroatoms. The van der Waals surface area contributed by atoms with Gasteiger partial charge < -0.3 is 4.74 Å². The Bertz CT molecular complexity index is 1150. The number of nitrogens with zero attached hydrogens (tertiary/aromatic N) is 3. The third-order valence-corrected chi connectivity index (χ3v) is 5.60. The quantitative estimate of drug-likeness (QED) is 0.371. The fourth-order valence-corrected chi connectivity index (χ4v) is 3.47. The summed E-state index contributed by atoms with van der Waals surface area (Å²) in [5, 5.41) is 14.3. The maximum absolute atomic E-state index is 9.41. The lowest BCUT2D eigenvalue weighted by atomic mass is 9.97. The van der Waals surface area contributed by atoms with Crippen molar-refractivity contribution in [2.24, 2.45) is 0 Å². The summed E-state index contributed by atoms with van der Waals surface area (Å²) in [6, 6.07) is 11.6. The highest BCUT2D eigenvalue weighted by atomic mass is 35.5. The Hall–Kier alpha value is -3.03. The van der Waals surface area contributed by atoms with Crippen LogP contribution in [0.5, 0.6) is 5.75 Å². The summed E-state index contributed by atoms with van der Waals surface area (Å²) in [5.41, 5.74) is 6.38. The number of hydrogen-bond donors (Lipinski definition) is 0. The molecule has 0 saturated heterocycles. The first-order valence-electron chi connectivity index (χ1n) is 10.6. The van der Waals surface area contributed by atoms with E-state index in [-0.39, 0.29) is 6.10 Å². The summed E-state index contributed by atoms with van der Waals surface area (Å²) < 4.78 is 8.02. The Morgan fingerprint density at radius 2 is 1.97 bits per heavy atom. The maximum Gasteiger partial charge on any atom is 0.148 e. The van der Waals surface area contributed by atoms with E-state index < -0.39 is 0 Å². The van der Waals surface area contributed by atoms with E-state index in [9.17, 15) is 5.26 Å². The Balaban J connectivity index is 0.00000166. The molecule has 0 amide bonds. The number of fused-ring (bicyclic) bond motifs is 1. The summed E-state index contributed by atoms with van der Waals surface area (Å²) in [5.74, 6) is 0.605. The van der Waals surface area contributed by atoms with Crippen LogP contribution >= 0.6 is 11.6 Å². The second-order valence-electron chi connectivity index (χ2n) is 7.08. The van der Waals surface area contributed by atoms with Crippen LogP contribution < -0.4 is 4.74 Å². The molecular weight excluding hydrogens is 406 g/mol. The molecule has 3 rings (SSSR count). The first-order valence-corrected chi connectivity index (χ1v) is 10.9. The summed E-state index contributed by atoms with van der Waals surface area (Å²) in [6.07, 6.45) is 4.14. The van der Waals surface area contributed by atoms with E-state index >= 15 is 0 Å². The zero-order valence-corrected chi connectivity index (χ0v) is 19.9. The summed E-state index contributed by atoms with van der Waals surface area (Å²) in [4.78, 5) is 0. The molecule has 1 aromatic carbocycles. The number of aromatic nitrogens is 2. The van der Waals surface area contributed by atoms with Crippen molar-refractivity contribution in [2.75, 3.05) is 0 Å². The highest BCUT2D eigenvalue weighted by Gasteiger charge is 2.18. The number of hydrogen-bond acceptors (Lipinski definition) is 3. The molecule has 31 heavy (non-hydrogen) atoms. The molecule has 0 fully saturated rings. The number of ether oxygens (including phenoxy) is 1. The van der Waals surface area contributed by atoms with Gasteiger partial charge in [-0.15, -0.1) is 0 Å². The fourth-order valence-electron chi connectivity index (χ4n) is 3.25. The molecule has 0 aliphatic rings. The van der Waals surface area contributed by atoms with Crippen LogP contribution in [-0.2, 0) is 0 Å². The molecular formula is C26H30ClN3O. The molecule has 3 aromatic rings. The molecule has 0 spiro atoms. The van der Waals surface area contributed by atoms with Crippen molar-refractivity contribution in [1.82, 2.24) is 9.61 Å². The van der Waals surface area contributed by atoms with Gasteiger partial charge in [0.1, 0.15) is 17.4 Å². The second kappa shape index (κ2) is 10.8. The van der Waals surface area contributed by atoms with Gasteiger partial charge in [-0.05, 0) is 50.5 Å². The van der Waals surface area contributed by atoms with Gasteiger partial charge in [0, 0.05) is 17.3 Å². The molecule has 1 atom stereocenters. The van der Waals surface area contributed by atoms with Crippen molar-refractivity contribution < 1.29 is 4.74 Å². The predicted octanol–water partition coefficient (Wildman–Crippen LogP) is 7.79. The number of benzene rings is 1. The minimum Gasteiger partial charge on any atom is -0.484 e. The normalized spacial score (nSPS) is 12.3. The van der Waals surface area contributed by atoms with Gasteiger partial charge in [-0.25, -0.2) is 4.52 Å². The fraction of sp³-hybridized carbons (Fsp3) is 0.308. The van der Waals surface area contributed by atoms with Gasteiger partial charge in [0.2, 0.25) is 0 Å². The van der Waals surface area contributed by atoms with Crippen LogP contribution in [0.15, 0.2) is 60.5 Å². The van der Waals surface area contributed by atoms with Crippen molar-refractivity contribution in [3.05, 3.63) is 82.2 Å². The van der Waals surface area contributed by atoms with Crippen LogP contribution in [0.3, 0.4) is 0 Å². The van der Waals surface area contributed by atoms with Crippen molar-refractivity contribution in [2.45, 2.75) is 54.1 Å². The number of halogens is 1. The number of allylic oxidation sites excluding steroid dienone is 3. The molecule has 2 heterocycles. The van der Waals surface area contributed by atoms with Crippen LogP contribution in [-0.4, -0.2) is 9.61 Å². The average Bonchev–Trinajstić information content (AvgIpc) is 3.19. The van der Waals surface area contributed by atoms with E-state index in [1.54, 1.807) is 16.8 Å². The van der Waals surface area contributed by atoms with Gasteiger partial charge in [-0.1, -0.05) is 62.7 Å². The highest BCUT2D eigenvalue weighted by molar-refractivity contribution is 6.34. The molecule has 0 bridgehead atoms. The van der Waals surface area contributed by atoms with Gasteiger partial charge in [-0.2, -0.15) is 10.4 Å². The molecule has 0 radical (unpaired) electrons. The monoisotopic (exact) mass is 435 g/mol. The van der Waals surface area contributed by atoms with Crippen molar-refractivity contribution in [3.8, 4) is 11.8 Å². The average molecular weight is 436 g/mol. The van der Waals surface area contributed by atoms with E-state index in [0.717, 1.165) is 28.7 Å². The lowest BCUT2D eigenvalue weighted by Gasteiger charge is -2.19. The Morgan fingerprint density at radius 1 is 1.29 bits per heavy atom. The number of rotatable bonds is 6. The largest absolute Gasteiger partial charge is 0.484 e. The summed E-state index contributed by atoms with van der Waals surface area (Å²) >= 11 is 6.39. The van der Waals surface area contributed by atoms with E-state index in [2.05, 4.69) is 38.5 Å². The lowest BCUT2D eigenvalue weighted by Crippen LogP contribution is -2.07. The molecule has 0 saturated carbocycles. The first-order chi connectivity index (χ1) is 14.9. The van der Waals surface area contributed by atoms with Crippen LogP contribution in [0.2, 0.25) is 5.02 Å². The maximum atomic E-state index is 9.41. The molecule has 2 aromatic heterocycles. The molecule has 1 unspecified atom stereocenters. The van der Waals surface area contributed by atoms with Crippen LogP contribution in [0.25, 0.3) is 11.1 Å². The summed E-state index contributed by atoms with van der Waals surface area (Å²) in [7, 11) is 0. The summed E-state index contributed by atoms with van der Waals surface area (Å²) in [6.45, 7) is 16.5. The zero-order valence-electron chi connectivity index (χ0n) is 19.2. The Kier molecular flexibility index (Phi) is 8.47. The van der Waals surface area contributed by atoms with Crippen molar-refractivity contribution >= 4 is 22.7 Å². The first kappa shape index (κ1) is 24.2. The van der Waals surface area contributed by atoms with Crippen LogP contribution in [0, 0.1) is 11.3 Å². The van der Waals surface area contributed by atoms with Gasteiger partial charge in [-0.3, -0.25) is 0 Å². The molecule has 0 N–H and O–H groups in total. The lowest BCUT2D eigenvalue weighted by molar-refractivity contribution is 0.228. The highest BCUT2D eigenvalue weighted by Crippen LogP contribution is 2.35. The minimum atomic E-state index is -0.335. The topological polar surface area (TPSA) is 50.3 Å². The standard InChI is InChI=1S/C24H24ClN3O.C2H6/c1-6-15(2)16(3)17(4)20-11-23(24-22(25)13-27-28(24)14-20)29-18(5)21-10-8-7-9-19(21)12-26;1-2/h7-11,13-14,18H,4,6H2,1-3,5H3;1-2H3/b16-15+;. The predicted molar refractivity (Wildman–Crippen MR) is 129 cm³/mol. The molecule has 0 aliphatic carbocycles. The molecule has 162 valence electrons. The smallest absolute Gasteiger partial charge is 0.148 e. The molecule has 4 nitrogen and oxygen atoms in total. The van der Waals surface area contributed by atoms with Crippen LogP contribution in [0.4, 0.5) is 0 Å². The van der Waals surface area contributed by atoms with E-state index in [1.165, 1.54) is 5.57 Å². The third kappa shape index (κ3) is 5.18. The van der Waals surface area contributed by atoms with Crippen molar-refractivity contribution in [3.63, 3.8) is 0 Å². The Morgan fingerprint density at radius 3 is 2.61 bits per heavy atom. The van der Waals surface area contributed by atoms with Gasteiger partial charge in [0.05, 0.1) is 22.9 Å². The number of pyridine rings is 1. The van der Waals surface area contributed by atoms with Gasteiger partial charge in [0.15, 0.2) is 0 Å². The molecule has 0 aliphatic heterocycles. The minimum absolute atomic E-state index is 0.335. The second-order valence-corrected chi connectivity index (χ2v) is 7.48. The number of nitriles is 1. The van der Waals surface area contributed by atoms with Crippen LogP contribution in [0.1, 0.15) is 70.8 Å². The van der Waals surface area contributed by atoms with E-state index in [4.69, 9.17) is 16.3 Å².